The minimum Gasteiger partial charge on any atom is -0.376 e. The van der Waals surface area contributed by atoms with Gasteiger partial charge in [0.15, 0.2) is 9.84 Å². The second kappa shape index (κ2) is 9.82. The summed E-state index contributed by atoms with van der Waals surface area (Å²) in [6.45, 7) is 0.589. The van der Waals surface area contributed by atoms with Crippen molar-refractivity contribution in [2.75, 3.05) is 12.4 Å². The summed E-state index contributed by atoms with van der Waals surface area (Å²) in [5.74, 6) is -0.445. The highest BCUT2D eigenvalue weighted by molar-refractivity contribution is 7.91. The molecule has 0 unspecified atom stereocenters. The number of hydrogen-bond acceptors (Lipinski definition) is 5. The fraction of sp³-hybridized carbons (Fsp3) is 0.143. The van der Waals surface area contributed by atoms with E-state index in [0.29, 0.717) is 16.8 Å². The van der Waals surface area contributed by atoms with E-state index in [-0.39, 0.29) is 36.3 Å². The molecular weight excluding hydrogens is 460 g/mol. The van der Waals surface area contributed by atoms with Gasteiger partial charge in [-0.2, -0.15) is 0 Å². The largest absolute Gasteiger partial charge is 0.376 e. The van der Waals surface area contributed by atoms with Crippen LogP contribution in [0.25, 0.3) is 22.3 Å². The number of aromatic nitrogens is 1. The number of ether oxygens (including phenoxy) is 1. The van der Waals surface area contributed by atoms with Crippen molar-refractivity contribution < 1.29 is 17.9 Å². The third-order valence-electron chi connectivity index (χ3n) is 5.97. The number of hydrogen-bond donors (Lipinski definition) is 1. The van der Waals surface area contributed by atoms with E-state index in [1.807, 2.05) is 42.5 Å². The summed E-state index contributed by atoms with van der Waals surface area (Å²) in [5, 5.41) is 2.85. The van der Waals surface area contributed by atoms with Gasteiger partial charge >= 0.3 is 0 Å². The summed E-state index contributed by atoms with van der Waals surface area (Å²) in [4.78, 5) is 17.3. The summed E-state index contributed by atoms with van der Waals surface area (Å²) in [6, 6.07) is 27.1. The van der Waals surface area contributed by atoms with Crippen LogP contribution in [0.3, 0.4) is 0 Å². The SMILES string of the molecule is O=C(NCc1cc(-c2cccc(-c3ccccc3)c2)ccn1)c1ccc2c(c1)S(=O)(=O)CCOC2. The highest BCUT2D eigenvalue weighted by Crippen LogP contribution is 2.27. The molecule has 0 fully saturated rings. The monoisotopic (exact) mass is 484 g/mol. The lowest BCUT2D eigenvalue weighted by Gasteiger charge is -2.10. The van der Waals surface area contributed by atoms with E-state index in [0.717, 1.165) is 22.3 Å². The molecule has 3 aromatic carbocycles. The molecule has 1 aromatic heterocycles. The molecule has 1 amide bonds. The topological polar surface area (TPSA) is 85.4 Å². The number of fused-ring (bicyclic) bond motifs is 1. The van der Waals surface area contributed by atoms with Crippen LogP contribution in [0.2, 0.25) is 0 Å². The van der Waals surface area contributed by atoms with Crippen LogP contribution in [0, 0.1) is 0 Å². The number of nitrogens with zero attached hydrogens (tertiary/aromatic N) is 1. The molecule has 1 aliphatic rings. The van der Waals surface area contributed by atoms with Gasteiger partial charge in [0.2, 0.25) is 0 Å². The Labute approximate surface area is 204 Å². The number of carbonyl (C=O) groups excluding carboxylic acids is 1. The minimum absolute atomic E-state index is 0.0900. The molecule has 0 saturated carbocycles. The van der Waals surface area contributed by atoms with Gasteiger partial charge in [-0.3, -0.25) is 9.78 Å². The van der Waals surface area contributed by atoms with Crippen molar-refractivity contribution in [2.45, 2.75) is 18.0 Å². The van der Waals surface area contributed by atoms with Crippen LogP contribution in [-0.4, -0.2) is 31.7 Å². The van der Waals surface area contributed by atoms with Crippen molar-refractivity contribution in [1.82, 2.24) is 10.3 Å². The minimum atomic E-state index is -3.48. The lowest BCUT2D eigenvalue weighted by Crippen LogP contribution is -2.23. The number of carbonyl (C=O) groups is 1. The predicted octanol–water partition coefficient (Wildman–Crippen LogP) is 4.65. The molecule has 0 aliphatic carbocycles. The third-order valence-corrected chi connectivity index (χ3v) is 7.72. The quantitative estimate of drug-likeness (QED) is 0.446. The molecular formula is C28H24N2O4S. The molecule has 2 heterocycles. The average Bonchev–Trinajstić information content (AvgIpc) is 3.05. The van der Waals surface area contributed by atoms with Crippen molar-refractivity contribution >= 4 is 15.7 Å². The molecule has 0 bridgehead atoms. The number of amides is 1. The number of sulfone groups is 1. The molecule has 5 rings (SSSR count). The zero-order chi connectivity index (χ0) is 24.3. The van der Waals surface area contributed by atoms with Gasteiger partial charge < -0.3 is 10.1 Å². The van der Waals surface area contributed by atoms with Crippen molar-refractivity contribution in [3.8, 4) is 22.3 Å². The van der Waals surface area contributed by atoms with E-state index < -0.39 is 9.84 Å². The standard InChI is InChI=1S/C28H24N2O4S/c31-28(24-9-10-25-19-34-13-14-35(32,33)27(25)17-24)30-18-26-16-23(11-12-29-26)22-8-4-7-21(15-22)20-5-2-1-3-6-20/h1-12,15-17H,13-14,18-19H2,(H,30,31). The van der Waals surface area contributed by atoms with Crippen molar-refractivity contribution in [2.24, 2.45) is 0 Å². The predicted molar refractivity (Wildman–Crippen MR) is 134 cm³/mol. The van der Waals surface area contributed by atoms with Crippen LogP contribution in [-0.2, 0) is 27.7 Å². The van der Waals surface area contributed by atoms with Gasteiger partial charge in [-0.05, 0) is 58.1 Å². The van der Waals surface area contributed by atoms with E-state index in [1.165, 1.54) is 6.07 Å². The molecule has 0 radical (unpaired) electrons. The number of nitrogens with one attached hydrogen (secondary N) is 1. The maximum Gasteiger partial charge on any atom is 0.251 e. The summed E-state index contributed by atoms with van der Waals surface area (Å²) in [6.07, 6.45) is 1.72. The molecule has 35 heavy (non-hydrogen) atoms. The molecule has 7 heteroatoms. The lowest BCUT2D eigenvalue weighted by atomic mass is 9.99. The van der Waals surface area contributed by atoms with Crippen molar-refractivity contribution in [1.29, 1.82) is 0 Å². The van der Waals surface area contributed by atoms with Gasteiger partial charge in [-0.1, -0.05) is 54.6 Å². The molecule has 176 valence electrons. The molecule has 6 nitrogen and oxygen atoms in total. The van der Waals surface area contributed by atoms with Crippen LogP contribution >= 0.6 is 0 Å². The first kappa shape index (κ1) is 23.0. The van der Waals surface area contributed by atoms with E-state index in [1.54, 1.807) is 18.3 Å². The molecule has 4 aromatic rings. The Morgan fingerprint density at radius 1 is 0.857 bits per heavy atom. The van der Waals surface area contributed by atoms with Gasteiger partial charge in [0.25, 0.3) is 5.91 Å². The Balaban J connectivity index is 1.32. The second-order valence-electron chi connectivity index (χ2n) is 8.36. The smallest absolute Gasteiger partial charge is 0.251 e. The molecule has 0 saturated heterocycles. The zero-order valence-corrected chi connectivity index (χ0v) is 19.8. The fourth-order valence-corrected chi connectivity index (χ4v) is 5.49. The van der Waals surface area contributed by atoms with Crippen molar-refractivity contribution in [3.05, 3.63) is 108 Å². The first-order chi connectivity index (χ1) is 17.0. The van der Waals surface area contributed by atoms with E-state index in [2.05, 4.69) is 34.6 Å². The molecule has 1 N–H and O–H groups in total. The third kappa shape index (κ3) is 5.16. The summed E-state index contributed by atoms with van der Waals surface area (Å²) in [5.41, 5.74) is 5.89. The summed E-state index contributed by atoms with van der Waals surface area (Å²) >= 11 is 0. The van der Waals surface area contributed by atoms with E-state index in [9.17, 15) is 13.2 Å². The van der Waals surface area contributed by atoms with Gasteiger partial charge in [-0.15, -0.1) is 0 Å². The Kier molecular flexibility index (Phi) is 6.44. The van der Waals surface area contributed by atoms with E-state index in [4.69, 9.17) is 4.74 Å². The van der Waals surface area contributed by atoms with Crippen LogP contribution in [0.15, 0.2) is 96.0 Å². The molecule has 0 spiro atoms. The van der Waals surface area contributed by atoms with Crippen LogP contribution in [0.1, 0.15) is 21.6 Å². The zero-order valence-electron chi connectivity index (χ0n) is 19.0. The highest BCUT2D eigenvalue weighted by Gasteiger charge is 2.23. The second-order valence-corrected chi connectivity index (χ2v) is 10.4. The first-order valence-corrected chi connectivity index (χ1v) is 13.0. The van der Waals surface area contributed by atoms with Gasteiger partial charge in [0.05, 0.1) is 36.1 Å². The van der Waals surface area contributed by atoms with Crippen LogP contribution < -0.4 is 5.32 Å². The van der Waals surface area contributed by atoms with Gasteiger partial charge in [0.1, 0.15) is 0 Å². The van der Waals surface area contributed by atoms with Gasteiger partial charge in [-0.25, -0.2) is 8.42 Å². The molecule has 1 aliphatic heterocycles. The maximum absolute atomic E-state index is 12.8. The fourth-order valence-electron chi connectivity index (χ4n) is 4.10. The van der Waals surface area contributed by atoms with Gasteiger partial charge in [0, 0.05) is 11.8 Å². The molecule has 0 atom stereocenters. The van der Waals surface area contributed by atoms with Crippen LogP contribution in [0.5, 0.6) is 0 Å². The number of pyridine rings is 1. The maximum atomic E-state index is 12.8. The number of benzene rings is 3. The summed E-state index contributed by atoms with van der Waals surface area (Å²) in [7, 11) is -3.48. The highest BCUT2D eigenvalue weighted by atomic mass is 32.2. The normalized spacial score (nSPS) is 14.5. The van der Waals surface area contributed by atoms with Crippen molar-refractivity contribution in [3.63, 3.8) is 0 Å². The van der Waals surface area contributed by atoms with Crippen LogP contribution in [0.4, 0.5) is 0 Å². The average molecular weight is 485 g/mol. The van der Waals surface area contributed by atoms with E-state index >= 15 is 0 Å². The lowest BCUT2D eigenvalue weighted by molar-refractivity contribution is 0.0950. The first-order valence-electron chi connectivity index (χ1n) is 11.3. The summed E-state index contributed by atoms with van der Waals surface area (Å²) < 4.78 is 30.4. The Hall–Kier alpha value is -3.81. The number of rotatable bonds is 5. The Bertz CT molecular complexity index is 1480. The Morgan fingerprint density at radius 3 is 2.43 bits per heavy atom. The Morgan fingerprint density at radius 2 is 1.60 bits per heavy atom.